The molecule has 0 bridgehead atoms. The zero-order valence-corrected chi connectivity index (χ0v) is 19.8. The van der Waals surface area contributed by atoms with Crippen LogP contribution in [0.5, 0.6) is 0 Å². The number of hydrogen-bond donors (Lipinski definition) is 1. The van der Waals surface area contributed by atoms with Crippen LogP contribution in [0.1, 0.15) is 29.6 Å². The Morgan fingerprint density at radius 2 is 1.91 bits per heavy atom. The van der Waals surface area contributed by atoms with Crippen molar-refractivity contribution in [1.29, 1.82) is 0 Å². The maximum Gasteiger partial charge on any atom is 0.288 e. The van der Waals surface area contributed by atoms with Gasteiger partial charge in [-0.15, -0.1) is 0 Å². The average molecular weight is 518 g/mol. The van der Waals surface area contributed by atoms with Gasteiger partial charge in [0.1, 0.15) is 4.90 Å². The third-order valence-electron chi connectivity index (χ3n) is 4.93. The van der Waals surface area contributed by atoms with Gasteiger partial charge in [-0.1, -0.05) is 41.1 Å². The van der Waals surface area contributed by atoms with E-state index in [9.17, 15) is 22.0 Å². The molecule has 1 amide bonds. The highest BCUT2D eigenvalue weighted by atomic mass is 35.5. The van der Waals surface area contributed by atoms with E-state index in [0.29, 0.717) is 40.0 Å². The van der Waals surface area contributed by atoms with E-state index in [1.54, 1.807) is 18.2 Å². The summed E-state index contributed by atoms with van der Waals surface area (Å²) in [7, 11) is -3.81. The van der Waals surface area contributed by atoms with Crippen LogP contribution in [0.15, 0.2) is 46.2 Å². The minimum absolute atomic E-state index is 0.0520. The van der Waals surface area contributed by atoms with Crippen molar-refractivity contribution in [2.75, 3.05) is 18.4 Å². The maximum atomic E-state index is 13.0. The minimum Gasteiger partial charge on any atom is -0.298 e. The molecular weight excluding hydrogens is 500 g/mol. The normalized spacial score (nSPS) is 15.4. The molecule has 32 heavy (non-hydrogen) atoms. The van der Waals surface area contributed by atoms with Crippen LogP contribution in [0.4, 0.5) is 13.9 Å². The molecule has 2 heterocycles. The molecule has 6 nitrogen and oxygen atoms in total. The lowest BCUT2D eigenvalue weighted by Crippen LogP contribution is -2.35. The Labute approximate surface area is 197 Å². The van der Waals surface area contributed by atoms with Gasteiger partial charge in [0.05, 0.1) is 15.2 Å². The van der Waals surface area contributed by atoms with Gasteiger partial charge in [-0.2, -0.15) is 13.1 Å². The van der Waals surface area contributed by atoms with Crippen molar-refractivity contribution in [2.24, 2.45) is 0 Å². The molecule has 4 rings (SSSR count). The van der Waals surface area contributed by atoms with E-state index < -0.39 is 21.7 Å². The van der Waals surface area contributed by atoms with Crippen molar-refractivity contribution >= 4 is 66.0 Å². The number of piperidine rings is 1. The number of halogens is 3. The van der Waals surface area contributed by atoms with Crippen molar-refractivity contribution in [2.45, 2.75) is 34.8 Å². The topological polar surface area (TPSA) is 79.4 Å². The number of amides is 1. The van der Waals surface area contributed by atoms with Gasteiger partial charge in [-0.05, 0) is 49.2 Å². The highest BCUT2D eigenvalue weighted by Crippen LogP contribution is 2.33. The maximum absolute atomic E-state index is 13.0. The second-order valence-electron chi connectivity index (χ2n) is 7.09. The van der Waals surface area contributed by atoms with Crippen LogP contribution in [-0.4, -0.2) is 42.5 Å². The zero-order valence-electron chi connectivity index (χ0n) is 16.6. The molecule has 1 aromatic heterocycles. The Balaban J connectivity index is 1.56. The summed E-state index contributed by atoms with van der Waals surface area (Å²) < 4.78 is 53.2. The lowest BCUT2D eigenvalue weighted by atomic mass is 10.2. The van der Waals surface area contributed by atoms with Crippen LogP contribution < -0.4 is 5.32 Å². The third kappa shape index (κ3) is 5.07. The lowest BCUT2D eigenvalue weighted by Gasteiger charge is -2.26. The Kier molecular flexibility index (Phi) is 7.01. The first-order valence-electron chi connectivity index (χ1n) is 9.70. The van der Waals surface area contributed by atoms with Gasteiger partial charge < -0.3 is 0 Å². The standard InChI is InChI=1S/C20H18ClF2N3O3S3/c21-14-6-4-12(10-17(14)32(28,29)26-8-2-1-3-9-26)18(27)25-20-24-15-7-5-13(30-19(22)23)11-16(15)31-20/h4-7,10-11,19H,1-3,8-9H2,(H,24,25,27). The molecule has 1 N–H and O–H groups in total. The lowest BCUT2D eigenvalue weighted by molar-refractivity contribution is 0.102. The first-order valence-corrected chi connectivity index (χ1v) is 13.2. The van der Waals surface area contributed by atoms with Crippen LogP contribution in [-0.2, 0) is 10.0 Å². The largest absolute Gasteiger partial charge is 0.298 e. The van der Waals surface area contributed by atoms with Crippen LogP contribution in [0.3, 0.4) is 0 Å². The Hall–Kier alpha value is -1.79. The average Bonchev–Trinajstić information content (AvgIpc) is 3.15. The van der Waals surface area contributed by atoms with E-state index in [1.165, 1.54) is 22.5 Å². The van der Waals surface area contributed by atoms with Gasteiger partial charge in [0.25, 0.3) is 11.7 Å². The molecule has 12 heteroatoms. The summed E-state index contributed by atoms with van der Waals surface area (Å²) in [5.41, 5.74) is 0.687. The minimum atomic E-state index is -3.81. The number of benzene rings is 2. The summed E-state index contributed by atoms with van der Waals surface area (Å²) in [6.07, 6.45) is 2.55. The number of rotatable bonds is 6. The van der Waals surface area contributed by atoms with E-state index in [-0.39, 0.29) is 20.6 Å². The van der Waals surface area contributed by atoms with Crippen molar-refractivity contribution in [3.63, 3.8) is 0 Å². The number of carbonyl (C=O) groups is 1. The van der Waals surface area contributed by atoms with Crippen molar-refractivity contribution in [3.8, 4) is 0 Å². The summed E-state index contributed by atoms with van der Waals surface area (Å²) in [6, 6.07) is 8.84. The van der Waals surface area contributed by atoms with Crippen molar-refractivity contribution in [1.82, 2.24) is 9.29 Å². The smallest absolute Gasteiger partial charge is 0.288 e. The third-order valence-corrected chi connectivity index (χ3v) is 8.95. The second kappa shape index (κ2) is 9.60. The first kappa shape index (κ1) is 23.4. The fourth-order valence-corrected chi connectivity index (χ4v) is 6.92. The number of anilines is 1. The van der Waals surface area contributed by atoms with E-state index in [1.807, 2.05) is 0 Å². The molecule has 0 atom stereocenters. The number of nitrogens with zero attached hydrogens (tertiary/aromatic N) is 2. The Morgan fingerprint density at radius 1 is 1.16 bits per heavy atom. The quantitative estimate of drug-likeness (QED) is 0.425. The van der Waals surface area contributed by atoms with Crippen LogP contribution >= 0.6 is 34.7 Å². The second-order valence-corrected chi connectivity index (χ2v) is 11.5. The van der Waals surface area contributed by atoms with Crippen molar-refractivity contribution in [3.05, 3.63) is 47.0 Å². The zero-order chi connectivity index (χ0) is 22.9. The van der Waals surface area contributed by atoms with Crippen LogP contribution in [0.2, 0.25) is 5.02 Å². The summed E-state index contributed by atoms with van der Waals surface area (Å²) in [6.45, 7) is 0.846. The molecule has 0 aliphatic carbocycles. The van der Waals surface area contributed by atoms with E-state index in [2.05, 4.69) is 10.3 Å². The predicted molar refractivity (Wildman–Crippen MR) is 123 cm³/mol. The van der Waals surface area contributed by atoms with Gasteiger partial charge >= 0.3 is 0 Å². The highest BCUT2D eigenvalue weighted by molar-refractivity contribution is 7.99. The number of carbonyl (C=O) groups excluding carboxylic acids is 1. The Morgan fingerprint density at radius 3 is 2.62 bits per heavy atom. The number of aromatic nitrogens is 1. The van der Waals surface area contributed by atoms with Crippen LogP contribution in [0, 0.1) is 0 Å². The molecule has 0 unspecified atom stereocenters. The molecule has 1 aliphatic rings. The van der Waals surface area contributed by atoms with Gasteiger partial charge in [-0.3, -0.25) is 10.1 Å². The molecule has 1 saturated heterocycles. The molecular formula is C20H18ClF2N3O3S3. The fraction of sp³-hybridized carbons (Fsp3) is 0.300. The summed E-state index contributed by atoms with van der Waals surface area (Å²) >= 11 is 7.74. The first-order chi connectivity index (χ1) is 15.2. The molecule has 0 spiro atoms. The number of hydrogen-bond acceptors (Lipinski definition) is 6. The van der Waals surface area contributed by atoms with Gasteiger partial charge in [0.15, 0.2) is 5.13 Å². The van der Waals surface area contributed by atoms with Crippen LogP contribution in [0.25, 0.3) is 10.2 Å². The Bertz CT molecular complexity index is 1260. The number of thiazole rings is 1. The monoisotopic (exact) mass is 517 g/mol. The van der Waals surface area contributed by atoms with Gasteiger partial charge in [0.2, 0.25) is 10.0 Å². The fourth-order valence-electron chi connectivity index (χ4n) is 3.39. The van der Waals surface area contributed by atoms with E-state index >= 15 is 0 Å². The molecule has 1 aliphatic heterocycles. The van der Waals surface area contributed by atoms with Gasteiger partial charge in [-0.25, -0.2) is 13.4 Å². The summed E-state index contributed by atoms with van der Waals surface area (Å²) in [5.74, 6) is -3.07. The number of sulfonamides is 1. The number of alkyl halides is 2. The van der Waals surface area contributed by atoms with E-state index in [4.69, 9.17) is 11.6 Å². The molecule has 0 radical (unpaired) electrons. The van der Waals surface area contributed by atoms with E-state index in [0.717, 1.165) is 30.6 Å². The molecule has 3 aromatic rings. The van der Waals surface area contributed by atoms with Crippen molar-refractivity contribution < 1.29 is 22.0 Å². The summed E-state index contributed by atoms with van der Waals surface area (Å²) in [5, 5.41) is 2.98. The van der Waals surface area contributed by atoms with Gasteiger partial charge in [0, 0.05) is 23.5 Å². The molecule has 0 saturated carbocycles. The predicted octanol–water partition coefficient (Wildman–Crippen LogP) is 5.69. The number of fused-ring (bicyclic) bond motifs is 1. The number of thioether (sulfide) groups is 1. The number of nitrogens with one attached hydrogen (secondary N) is 1. The SMILES string of the molecule is O=C(Nc1nc2ccc(SC(F)F)cc2s1)c1ccc(Cl)c(S(=O)(=O)N2CCCCC2)c1. The summed E-state index contributed by atoms with van der Waals surface area (Å²) in [4.78, 5) is 17.4. The highest BCUT2D eigenvalue weighted by Gasteiger charge is 2.29. The molecule has 170 valence electrons. The molecule has 2 aromatic carbocycles. The molecule has 1 fully saturated rings.